The van der Waals surface area contributed by atoms with Crippen molar-refractivity contribution in [2.45, 2.75) is 32.5 Å². The highest BCUT2D eigenvalue weighted by Gasteiger charge is 2.23. The van der Waals surface area contributed by atoms with Crippen LogP contribution < -0.4 is 5.76 Å². The highest BCUT2D eigenvalue weighted by atomic mass is 16.4. The number of aliphatic hydroxyl groups excluding tert-OH is 1. The van der Waals surface area contributed by atoms with E-state index in [0.29, 0.717) is 42.0 Å². The molecule has 8 nitrogen and oxygen atoms in total. The number of hydrogen-bond acceptors (Lipinski definition) is 5. The minimum atomic E-state index is -0.636. The van der Waals surface area contributed by atoms with Gasteiger partial charge < -0.3 is 14.4 Å². The van der Waals surface area contributed by atoms with Crippen molar-refractivity contribution in [2.24, 2.45) is 7.05 Å². The van der Waals surface area contributed by atoms with Crippen molar-refractivity contribution in [3.05, 3.63) is 51.8 Å². The highest BCUT2D eigenvalue weighted by molar-refractivity contribution is 5.97. The van der Waals surface area contributed by atoms with E-state index in [1.54, 1.807) is 37.1 Å². The summed E-state index contributed by atoms with van der Waals surface area (Å²) in [6, 6.07) is 6.86. The van der Waals surface area contributed by atoms with E-state index in [1.165, 1.54) is 4.57 Å². The molecule has 3 aromatic rings. The molecule has 0 fully saturated rings. The van der Waals surface area contributed by atoms with Gasteiger partial charge in [0.15, 0.2) is 5.58 Å². The van der Waals surface area contributed by atoms with Crippen LogP contribution in [0.5, 0.6) is 0 Å². The van der Waals surface area contributed by atoms with Gasteiger partial charge in [-0.2, -0.15) is 5.10 Å². The van der Waals surface area contributed by atoms with Gasteiger partial charge in [0.05, 0.1) is 29.6 Å². The van der Waals surface area contributed by atoms with Gasteiger partial charge in [-0.3, -0.25) is 14.0 Å². The van der Waals surface area contributed by atoms with E-state index in [0.717, 1.165) is 12.1 Å². The molecule has 0 aliphatic carbocycles. The van der Waals surface area contributed by atoms with Gasteiger partial charge in [0.2, 0.25) is 0 Å². The van der Waals surface area contributed by atoms with Gasteiger partial charge in [0.1, 0.15) is 0 Å². The maximum atomic E-state index is 13.0. The Morgan fingerprint density at radius 2 is 2.12 bits per heavy atom. The number of aliphatic hydroxyl groups is 1. The highest BCUT2D eigenvalue weighted by Crippen LogP contribution is 2.21. The van der Waals surface area contributed by atoms with Crippen LogP contribution in [0.25, 0.3) is 11.1 Å². The lowest BCUT2D eigenvalue weighted by molar-refractivity contribution is 0.0746. The SMILES string of the molecule is CC(O)c1cc2n(n1)CCCN(C(=O)c1ccc3oc(=O)n(C)c3c1)C2. The summed E-state index contributed by atoms with van der Waals surface area (Å²) >= 11 is 0. The van der Waals surface area contributed by atoms with Gasteiger partial charge in [-0.05, 0) is 37.6 Å². The predicted octanol–water partition coefficient (Wildman–Crippen LogP) is 1.43. The molecule has 26 heavy (non-hydrogen) atoms. The summed E-state index contributed by atoms with van der Waals surface area (Å²) in [6.07, 6.45) is 0.148. The van der Waals surface area contributed by atoms with E-state index in [-0.39, 0.29) is 5.91 Å². The first-order valence-corrected chi connectivity index (χ1v) is 8.57. The van der Waals surface area contributed by atoms with Gasteiger partial charge in [-0.1, -0.05) is 0 Å². The normalized spacial score (nSPS) is 15.7. The smallest absolute Gasteiger partial charge is 0.408 e. The summed E-state index contributed by atoms with van der Waals surface area (Å²) in [5.74, 6) is -0.553. The third-order valence-electron chi connectivity index (χ3n) is 4.79. The molecule has 0 radical (unpaired) electrons. The molecule has 0 bridgehead atoms. The zero-order valence-electron chi connectivity index (χ0n) is 14.7. The molecule has 0 saturated carbocycles. The van der Waals surface area contributed by atoms with E-state index >= 15 is 0 Å². The number of carbonyl (C=O) groups excluding carboxylic acids is 1. The molecule has 1 aliphatic heterocycles. The van der Waals surface area contributed by atoms with Gasteiger partial charge in [-0.25, -0.2) is 4.79 Å². The summed E-state index contributed by atoms with van der Waals surface area (Å²) < 4.78 is 8.36. The van der Waals surface area contributed by atoms with Crippen molar-refractivity contribution in [2.75, 3.05) is 6.54 Å². The molecule has 1 aromatic carbocycles. The fraction of sp³-hybridized carbons (Fsp3) is 0.389. The molecule has 1 aliphatic rings. The van der Waals surface area contributed by atoms with Crippen LogP contribution in [0.4, 0.5) is 0 Å². The average Bonchev–Trinajstić information content (AvgIpc) is 3.08. The van der Waals surface area contributed by atoms with Crippen molar-refractivity contribution in [3.8, 4) is 0 Å². The second-order valence-corrected chi connectivity index (χ2v) is 6.65. The van der Waals surface area contributed by atoms with Gasteiger partial charge in [0.25, 0.3) is 5.91 Å². The number of aromatic nitrogens is 3. The molecule has 1 N–H and O–H groups in total. The van der Waals surface area contributed by atoms with E-state index in [1.807, 2.05) is 10.7 Å². The molecule has 1 unspecified atom stereocenters. The molecular weight excluding hydrogens is 336 g/mol. The second-order valence-electron chi connectivity index (χ2n) is 6.65. The first-order valence-electron chi connectivity index (χ1n) is 8.57. The predicted molar refractivity (Wildman–Crippen MR) is 93.7 cm³/mol. The van der Waals surface area contributed by atoms with Gasteiger partial charge >= 0.3 is 5.76 Å². The number of oxazole rings is 1. The molecular formula is C18H20N4O4. The van der Waals surface area contributed by atoms with E-state index in [4.69, 9.17) is 4.42 Å². The van der Waals surface area contributed by atoms with Crippen LogP contribution in [0.1, 0.15) is 41.2 Å². The standard InChI is InChI=1S/C18H20N4O4/c1-11(23)14-9-13-10-21(6-3-7-22(13)19-14)17(24)12-4-5-16-15(8-12)20(2)18(25)26-16/h4-5,8-9,11,23H,3,6-7,10H2,1-2H3. The minimum absolute atomic E-state index is 0.103. The van der Waals surface area contributed by atoms with Crippen LogP contribution in [0.15, 0.2) is 33.5 Å². The van der Waals surface area contributed by atoms with E-state index in [2.05, 4.69) is 5.10 Å². The largest absolute Gasteiger partial charge is 0.419 e. The Balaban J connectivity index is 1.65. The summed E-state index contributed by atoms with van der Waals surface area (Å²) in [5.41, 5.74) is 3.09. The monoisotopic (exact) mass is 356 g/mol. The maximum absolute atomic E-state index is 13.0. The van der Waals surface area contributed by atoms with E-state index in [9.17, 15) is 14.7 Å². The number of fused-ring (bicyclic) bond motifs is 2. The average molecular weight is 356 g/mol. The third kappa shape index (κ3) is 2.72. The number of rotatable bonds is 2. The minimum Gasteiger partial charge on any atom is -0.408 e. The zero-order valence-corrected chi connectivity index (χ0v) is 14.7. The molecule has 8 heteroatoms. The Kier molecular flexibility index (Phi) is 3.91. The van der Waals surface area contributed by atoms with Gasteiger partial charge in [0, 0.05) is 25.7 Å². The quantitative estimate of drug-likeness (QED) is 0.750. The Morgan fingerprint density at radius 1 is 1.31 bits per heavy atom. The van der Waals surface area contributed by atoms with Crippen molar-refractivity contribution >= 4 is 17.0 Å². The summed E-state index contributed by atoms with van der Waals surface area (Å²) in [4.78, 5) is 26.4. The van der Waals surface area contributed by atoms with Crippen molar-refractivity contribution in [1.29, 1.82) is 0 Å². The number of carbonyl (C=O) groups is 1. The van der Waals surface area contributed by atoms with Crippen molar-refractivity contribution in [1.82, 2.24) is 19.2 Å². The van der Waals surface area contributed by atoms with Crippen LogP contribution in [0, 0.1) is 0 Å². The fourth-order valence-corrected chi connectivity index (χ4v) is 3.30. The summed E-state index contributed by atoms with van der Waals surface area (Å²) in [6.45, 7) is 3.44. The van der Waals surface area contributed by atoms with Gasteiger partial charge in [-0.15, -0.1) is 0 Å². The maximum Gasteiger partial charge on any atom is 0.419 e. The number of hydrogen-bond donors (Lipinski definition) is 1. The molecule has 0 spiro atoms. The topological polar surface area (TPSA) is 93.5 Å². The Labute approximate surface area is 149 Å². The summed E-state index contributed by atoms with van der Waals surface area (Å²) in [7, 11) is 1.62. The number of amides is 1. The second kappa shape index (κ2) is 6.14. The lowest BCUT2D eigenvalue weighted by atomic mass is 10.1. The van der Waals surface area contributed by atoms with Crippen LogP contribution in [0.3, 0.4) is 0 Å². The molecule has 2 aromatic heterocycles. The molecule has 136 valence electrons. The first-order chi connectivity index (χ1) is 12.4. The number of benzene rings is 1. The molecule has 1 atom stereocenters. The van der Waals surface area contributed by atoms with Crippen molar-refractivity contribution in [3.63, 3.8) is 0 Å². The van der Waals surface area contributed by atoms with E-state index < -0.39 is 11.9 Å². The molecule has 0 saturated heterocycles. The Morgan fingerprint density at radius 3 is 2.88 bits per heavy atom. The lowest BCUT2D eigenvalue weighted by Crippen LogP contribution is -2.30. The molecule has 3 heterocycles. The zero-order chi connectivity index (χ0) is 18.4. The van der Waals surface area contributed by atoms with Crippen LogP contribution in [-0.4, -0.2) is 36.8 Å². The Bertz CT molecular complexity index is 1040. The van der Waals surface area contributed by atoms with Crippen molar-refractivity contribution < 1.29 is 14.3 Å². The molecule has 4 rings (SSSR count). The Hall–Kier alpha value is -2.87. The van der Waals surface area contributed by atoms with Crippen LogP contribution in [0.2, 0.25) is 0 Å². The molecule has 1 amide bonds. The van der Waals surface area contributed by atoms with Crippen LogP contribution in [-0.2, 0) is 20.1 Å². The lowest BCUT2D eigenvalue weighted by Gasteiger charge is -2.20. The number of nitrogens with zero attached hydrogens (tertiary/aromatic N) is 4. The fourth-order valence-electron chi connectivity index (χ4n) is 3.30. The summed E-state index contributed by atoms with van der Waals surface area (Å²) in [5, 5.41) is 14.1. The number of aryl methyl sites for hydroxylation is 2. The third-order valence-corrected chi connectivity index (χ3v) is 4.79. The first kappa shape index (κ1) is 16.6. The van der Waals surface area contributed by atoms with Crippen LogP contribution >= 0.6 is 0 Å².